The van der Waals surface area contributed by atoms with Crippen LogP contribution in [0.4, 0.5) is 24.7 Å². The van der Waals surface area contributed by atoms with Gasteiger partial charge in [-0.3, -0.25) is 29.5 Å². The fourth-order valence-electron chi connectivity index (χ4n) is 9.32. The summed E-state index contributed by atoms with van der Waals surface area (Å²) in [6.07, 6.45) is -2.62. The summed E-state index contributed by atoms with van der Waals surface area (Å²) in [5.74, 6) is -8.94. The predicted octanol–water partition coefficient (Wildman–Crippen LogP) is 5.00. The van der Waals surface area contributed by atoms with Crippen LogP contribution in [0.25, 0.3) is 0 Å². The second kappa shape index (κ2) is 14.6. The van der Waals surface area contributed by atoms with E-state index in [1.165, 1.54) is 62.8 Å². The monoisotopic (exact) mass is 850 g/mol. The number of methoxy groups -OCH3 is 2. The molecule has 4 aromatic rings. The number of aromatic hydroxyl groups is 1. The summed E-state index contributed by atoms with van der Waals surface area (Å²) in [6, 6.07) is 15.5. The van der Waals surface area contributed by atoms with E-state index in [9.17, 15) is 42.7 Å². The minimum absolute atomic E-state index is 0.0410. The third-order valence-electron chi connectivity index (χ3n) is 11.8. The molecule has 6 unspecified atom stereocenters. The van der Waals surface area contributed by atoms with E-state index in [1.54, 1.807) is 18.2 Å². The van der Waals surface area contributed by atoms with Crippen LogP contribution in [0.5, 0.6) is 17.2 Å². The summed E-state index contributed by atoms with van der Waals surface area (Å²) < 4.78 is 51.7. The molecule has 4 aliphatic rings. The van der Waals surface area contributed by atoms with Gasteiger partial charge in [-0.15, -0.1) is 0 Å². The van der Waals surface area contributed by atoms with E-state index in [0.29, 0.717) is 39.0 Å². The van der Waals surface area contributed by atoms with Gasteiger partial charge in [-0.05, 0) is 77.8 Å². The maximum absolute atomic E-state index is 15.5. The quantitative estimate of drug-likeness (QED) is 0.107. The van der Waals surface area contributed by atoms with Crippen LogP contribution in [0.2, 0.25) is 10.0 Å². The van der Waals surface area contributed by atoms with Crippen molar-refractivity contribution in [3.8, 4) is 17.2 Å². The molecule has 0 radical (unpaired) electrons. The number of nitrogens with one attached hydrogen (secondary N) is 1. The number of benzene rings is 3. The molecule has 1 aromatic heterocycles. The molecule has 8 rings (SSSR count). The number of imide groups is 2. The van der Waals surface area contributed by atoms with E-state index in [1.807, 2.05) is 0 Å². The average Bonchev–Trinajstić information content (AvgIpc) is 3.59. The summed E-state index contributed by atoms with van der Waals surface area (Å²) in [5, 5.41) is 31.1. The Morgan fingerprint density at radius 1 is 0.915 bits per heavy atom. The zero-order valence-corrected chi connectivity index (χ0v) is 32.4. The maximum Gasteiger partial charge on any atom is 0.488 e. The van der Waals surface area contributed by atoms with Gasteiger partial charge in [0, 0.05) is 17.1 Å². The Labute approximate surface area is 344 Å². The lowest BCUT2D eigenvalue weighted by Gasteiger charge is -2.50. The van der Waals surface area contributed by atoms with Crippen LogP contribution in [0.3, 0.4) is 0 Å². The molecule has 4 N–H and O–H groups in total. The number of carbonyl (C=O) groups is 4. The van der Waals surface area contributed by atoms with Crippen molar-refractivity contribution in [2.75, 3.05) is 24.5 Å². The fourth-order valence-corrected chi connectivity index (χ4v) is 9.65. The molecule has 0 bridgehead atoms. The van der Waals surface area contributed by atoms with Gasteiger partial charge in [-0.1, -0.05) is 59.1 Å². The van der Waals surface area contributed by atoms with Crippen LogP contribution < -0.4 is 25.3 Å². The number of hydrazine groups is 1. The average molecular weight is 851 g/mol. The van der Waals surface area contributed by atoms with E-state index in [0.717, 1.165) is 4.90 Å². The number of anilines is 2. The highest BCUT2D eigenvalue weighted by molar-refractivity contribution is 6.58. The molecule has 13 nitrogen and oxygen atoms in total. The Bertz CT molecular complexity index is 2450. The van der Waals surface area contributed by atoms with Crippen molar-refractivity contribution < 1.29 is 57.0 Å². The van der Waals surface area contributed by atoms with Gasteiger partial charge >= 0.3 is 13.3 Å². The number of phenolic OH excluding ortho intramolecular Hbond substituents is 1. The lowest BCUT2D eigenvalue weighted by molar-refractivity contribution is -0.139. The number of pyridine rings is 1. The van der Waals surface area contributed by atoms with E-state index in [4.69, 9.17) is 32.7 Å². The van der Waals surface area contributed by atoms with E-state index < -0.39 is 88.3 Å². The highest BCUT2D eigenvalue weighted by atomic mass is 35.5. The Kier molecular flexibility index (Phi) is 9.93. The zero-order valence-electron chi connectivity index (χ0n) is 30.9. The second-order valence-corrected chi connectivity index (χ2v) is 15.5. The number of rotatable bonds is 8. The van der Waals surface area contributed by atoms with Gasteiger partial charge < -0.3 is 24.6 Å². The number of alkyl halides is 3. The van der Waals surface area contributed by atoms with Crippen LogP contribution in [-0.2, 0) is 30.8 Å². The number of fused-ring (bicyclic) bond motifs is 4. The van der Waals surface area contributed by atoms with Crippen molar-refractivity contribution in [2.24, 2.45) is 23.7 Å². The number of aromatic nitrogens is 1. The molecular weight excluding hydrogens is 819 g/mol. The lowest BCUT2D eigenvalue weighted by Crippen LogP contribution is -2.53. The molecule has 2 saturated heterocycles. The number of hydrogen-bond acceptors (Lipinski definition) is 11. The summed E-state index contributed by atoms with van der Waals surface area (Å²) in [4.78, 5) is 64.0. The first-order valence-corrected chi connectivity index (χ1v) is 18.9. The highest BCUT2D eigenvalue weighted by Gasteiger charge is 2.70. The Hall–Kier alpha value is -5.62. The van der Waals surface area contributed by atoms with Crippen molar-refractivity contribution in [3.05, 3.63) is 111 Å². The van der Waals surface area contributed by atoms with Gasteiger partial charge in [0.05, 0.1) is 53.7 Å². The molecule has 3 heterocycles. The lowest BCUT2D eigenvalue weighted by atomic mass is 9.49. The number of carbonyl (C=O) groups excluding carboxylic acids is 4. The molecule has 6 atom stereocenters. The van der Waals surface area contributed by atoms with E-state index in [-0.39, 0.29) is 41.2 Å². The van der Waals surface area contributed by atoms with Crippen LogP contribution in [0.1, 0.15) is 35.4 Å². The largest absolute Gasteiger partial charge is 0.502 e. The van der Waals surface area contributed by atoms with Gasteiger partial charge in [-0.25, -0.2) is 4.98 Å². The topological polar surface area (TPSA) is 179 Å². The third kappa shape index (κ3) is 6.21. The van der Waals surface area contributed by atoms with Crippen LogP contribution in [0, 0.1) is 23.7 Å². The molecule has 2 aliphatic carbocycles. The molecule has 304 valence electrons. The minimum atomic E-state index is -4.79. The Morgan fingerprint density at radius 2 is 1.59 bits per heavy atom. The van der Waals surface area contributed by atoms with Crippen LogP contribution in [0.15, 0.2) is 84.6 Å². The molecule has 3 aromatic carbocycles. The summed E-state index contributed by atoms with van der Waals surface area (Å²) in [7, 11) is 0.736. The molecule has 4 amide bonds. The molecule has 3 fully saturated rings. The normalized spacial score (nSPS) is 25.0. The van der Waals surface area contributed by atoms with Crippen molar-refractivity contribution in [2.45, 2.75) is 30.4 Å². The maximum atomic E-state index is 15.5. The molecule has 0 spiro atoms. The first-order chi connectivity index (χ1) is 28.0. The number of hydrogen-bond donors (Lipinski definition) is 4. The molecular formula is C40H32BCl2F3N4O9. The van der Waals surface area contributed by atoms with Gasteiger partial charge in [0.15, 0.2) is 17.3 Å². The summed E-state index contributed by atoms with van der Waals surface area (Å²) in [5.41, 5.74) is 0.853. The fraction of sp³-hybridized carbons (Fsp3) is 0.275. The smallest absolute Gasteiger partial charge is 0.488 e. The third-order valence-corrected chi connectivity index (χ3v) is 12.4. The zero-order chi connectivity index (χ0) is 42.3. The minimum Gasteiger partial charge on any atom is -0.502 e. The summed E-state index contributed by atoms with van der Waals surface area (Å²) in [6.45, 7) is 0. The summed E-state index contributed by atoms with van der Waals surface area (Å²) >= 11 is 12.6. The number of allylic oxidation sites excluding steroid dienone is 2. The van der Waals surface area contributed by atoms with Gasteiger partial charge in [0.1, 0.15) is 0 Å². The van der Waals surface area contributed by atoms with Crippen LogP contribution >= 0.6 is 23.2 Å². The van der Waals surface area contributed by atoms with Crippen molar-refractivity contribution >= 4 is 70.9 Å². The molecule has 1 saturated carbocycles. The van der Waals surface area contributed by atoms with E-state index >= 15 is 4.79 Å². The van der Waals surface area contributed by atoms with Gasteiger partial charge in [0.2, 0.25) is 17.6 Å². The standard InChI is InChI=1S/C40H32BCl2F3N4O9/c1-58-29-12-18(13-30(59-2)33(29)51)32-24-10-11-25-31(37(54)49(35(25)52)23-5-3-4-21(15-23)41(56)57)26(24)16-27-36(53)50(38(55)39(27,32)19-6-8-22(42)9-7-19)48-34-28(43)14-20(17-47-34)40(44,45)46/h3-10,12-15,17,25-27,31-32,51,56-57H,11,16H2,1-2H3,(H,47,48). The van der Waals surface area contributed by atoms with Crippen molar-refractivity contribution in [1.82, 2.24) is 9.99 Å². The van der Waals surface area contributed by atoms with E-state index in [2.05, 4.69) is 10.4 Å². The van der Waals surface area contributed by atoms with Gasteiger partial charge in [0.25, 0.3) is 11.8 Å². The molecule has 19 heteroatoms. The Balaban J connectivity index is 1.33. The predicted molar refractivity (Wildman–Crippen MR) is 207 cm³/mol. The van der Waals surface area contributed by atoms with Crippen molar-refractivity contribution in [3.63, 3.8) is 0 Å². The number of phenols is 1. The highest BCUT2D eigenvalue weighted by Crippen LogP contribution is 2.65. The van der Waals surface area contributed by atoms with Gasteiger partial charge in [-0.2, -0.15) is 18.2 Å². The first-order valence-electron chi connectivity index (χ1n) is 18.1. The Morgan fingerprint density at radius 3 is 2.20 bits per heavy atom. The first kappa shape index (κ1) is 40.2. The number of halogens is 5. The van der Waals surface area contributed by atoms with Crippen LogP contribution in [-0.4, -0.2) is 70.1 Å². The second-order valence-electron chi connectivity index (χ2n) is 14.7. The number of ether oxygens (including phenoxy) is 2. The molecule has 2 aliphatic heterocycles. The number of amides is 4. The number of nitrogens with zero attached hydrogens (tertiary/aromatic N) is 3. The molecule has 59 heavy (non-hydrogen) atoms. The van der Waals surface area contributed by atoms with Crippen molar-refractivity contribution in [1.29, 1.82) is 0 Å². The SMILES string of the molecule is COc1cc(C2C3=CCC4C(=O)N(c5cccc(B(O)O)c5)C(=O)C4C3CC3C(=O)N(Nc4ncc(C(F)(F)F)cc4Cl)C(=O)C32c2ccc(Cl)cc2)cc(OC)c1O.